The van der Waals surface area contributed by atoms with Crippen molar-refractivity contribution in [3.8, 4) is 5.82 Å². The molecule has 132 valence electrons. The SMILES string of the molecule is COC(CN(C)CC(=O)NCc1cnn(C)c1-n1cccc1)OC. The van der Waals surface area contributed by atoms with Gasteiger partial charge in [0.2, 0.25) is 5.91 Å². The third kappa shape index (κ3) is 4.67. The van der Waals surface area contributed by atoms with Crippen LogP contribution in [0.5, 0.6) is 0 Å². The highest BCUT2D eigenvalue weighted by molar-refractivity contribution is 5.78. The van der Waals surface area contributed by atoms with Crippen LogP contribution in [0.3, 0.4) is 0 Å². The lowest BCUT2D eigenvalue weighted by Crippen LogP contribution is -2.39. The smallest absolute Gasteiger partial charge is 0.234 e. The van der Waals surface area contributed by atoms with Gasteiger partial charge in [0.15, 0.2) is 6.29 Å². The summed E-state index contributed by atoms with van der Waals surface area (Å²) in [6, 6.07) is 3.90. The van der Waals surface area contributed by atoms with Crippen LogP contribution in [0.15, 0.2) is 30.7 Å². The Balaban J connectivity index is 1.89. The maximum Gasteiger partial charge on any atom is 0.234 e. The zero-order valence-corrected chi connectivity index (χ0v) is 14.6. The molecule has 0 bridgehead atoms. The van der Waals surface area contributed by atoms with Gasteiger partial charge in [0.1, 0.15) is 5.82 Å². The molecule has 0 saturated heterocycles. The summed E-state index contributed by atoms with van der Waals surface area (Å²) in [7, 11) is 6.88. The lowest BCUT2D eigenvalue weighted by molar-refractivity contribution is -0.128. The molecule has 0 fully saturated rings. The molecule has 0 aromatic carbocycles. The number of aryl methyl sites for hydroxylation is 1. The lowest BCUT2D eigenvalue weighted by atomic mass is 10.3. The van der Waals surface area contributed by atoms with E-state index in [9.17, 15) is 4.79 Å². The fourth-order valence-electron chi connectivity index (χ4n) is 2.47. The Bertz CT molecular complexity index is 634. The second-order valence-electron chi connectivity index (χ2n) is 5.58. The number of rotatable bonds is 9. The van der Waals surface area contributed by atoms with Crippen LogP contribution in [0, 0.1) is 0 Å². The summed E-state index contributed by atoms with van der Waals surface area (Å²) >= 11 is 0. The summed E-state index contributed by atoms with van der Waals surface area (Å²) in [5, 5.41) is 7.20. The van der Waals surface area contributed by atoms with Gasteiger partial charge in [0.25, 0.3) is 0 Å². The number of carbonyl (C=O) groups is 1. The molecule has 0 aliphatic carbocycles. The van der Waals surface area contributed by atoms with Crippen molar-refractivity contribution in [2.24, 2.45) is 7.05 Å². The number of hydrogen-bond acceptors (Lipinski definition) is 5. The van der Waals surface area contributed by atoms with Gasteiger partial charge in [-0.2, -0.15) is 5.10 Å². The van der Waals surface area contributed by atoms with Crippen molar-refractivity contribution in [1.29, 1.82) is 0 Å². The van der Waals surface area contributed by atoms with Gasteiger partial charge in [-0.05, 0) is 19.2 Å². The molecule has 0 aliphatic rings. The van der Waals surface area contributed by atoms with Gasteiger partial charge in [-0.15, -0.1) is 0 Å². The summed E-state index contributed by atoms with van der Waals surface area (Å²) in [5.41, 5.74) is 0.955. The molecule has 1 N–H and O–H groups in total. The Morgan fingerprint density at radius 2 is 2.00 bits per heavy atom. The Kier molecular flexibility index (Phi) is 6.53. The van der Waals surface area contributed by atoms with E-state index in [-0.39, 0.29) is 18.7 Å². The van der Waals surface area contributed by atoms with Crippen molar-refractivity contribution < 1.29 is 14.3 Å². The number of carbonyl (C=O) groups excluding carboxylic acids is 1. The van der Waals surface area contributed by atoms with Gasteiger partial charge >= 0.3 is 0 Å². The molecule has 1 amide bonds. The largest absolute Gasteiger partial charge is 0.355 e. The van der Waals surface area contributed by atoms with Crippen LogP contribution in [-0.4, -0.2) is 65.8 Å². The van der Waals surface area contributed by atoms with E-state index in [1.165, 1.54) is 0 Å². The van der Waals surface area contributed by atoms with E-state index in [1.54, 1.807) is 25.1 Å². The fraction of sp³-hybridized carbons (Fsp3) is 0.500. The standard InChI is InChI=1S/C16H25N5O3/c1-19(12-15(23-3)24-4)11-14(22)17-9-13-10-18-20(2)16(13)21-7-5-6-8-21/h5-8,10,15H,9,11-12H2,1-4H3,(H,17,22). The topological polar surface area (TPSA) is 73.5 Å². The quantitative estimate of drug-likeness (QED) is 0.671. The van der Waals surface area contributed by atoms with Crippen LogP contribution in [0.25, 0.3) is 5.82 Å². The molecule has 2 rings (SSSR count). The first-order chi connectivity index (χ1) is 11.5. The van der Waals surface area contributed by atoms with Crippen molar-refractivity contribution in [1.82, 2.24) is 24.6 Å². The molecule has 0 saturated carbocycles. The number of nitrogens with zero attached hydrogens (tertiary/aromatic N) is 4. The van der Waals surface area contributed by atoms with E-state index in [0.717, 1.165) is 11.4 Å². The van der Waals surface area contributed by atoms with Crippen LogP contribution in [0.2, 0.25) is 0 Å². The van der Waals surface area contributed by atoms with E-state index in [2.05, 4.69) is 10.4 Å². The Morgan fingerprint density at radius 1 is 1.33 bits per heavy atom. The monoisotopic (exact) mass is 335 g/mol. The molecule has 0 spiro atoms. The molecule has 2 aromatic heterocycles. The second-order valence-corrected chi connectivity index (χ2v) is 5.58. The minimum Gasteiger partial charge on any atom is -0.355 e. The highest BCUT2D eigenvalue weighted by atomic mass is 16.7. The Morgan fingerprint density at radius 3 is 2.62 bits per heavy atom. The molecule has 8 heteroatoms. The fourth-order valence-corrected chi connectivity index (χ4v) is 2.47. The van der Waals surface area contributed by atoms with Crippen LogP contribution in [0.1, 0.15) is 5.56 Å². The normalized spacial score (nSPS) is 11.4. The molecule has 0 atom stereocenters. The summed E-state index contributed by atoms with van der Waals surface area (Å²) in [6.07, 6.45) is 5.32. The molecule has 8 nitrogen and oxygen atoms in total. The third-order valence-corrected chi connectivity index (χ3v) is 3.71. The molecular weight excluding hydrogens is 310 g/mol. The van der Waals surface area contributed by atoms with Crippen molar-refractivity contribution in [2.45, 2.75) is 12.8 Å². The van der Waals surface area contributed by atoms with Gasteiger partial charge in [0.05, 0.1) is 12.7 Å². The number of likely N-dealkylation sites (N-methyl/N-ethyl adjacent to an activating group) is 1. The van der Waals surface area contributed by atoms with Gasteiger partial charge < -0.3 is 19.4 Å². The first-order valence-corrected chi connectivity index (χ1v) is 7.70. The summed E-state index contributed by atoms with van der Waals surface area (Å²) in [5.74, 6) is 0.873. The Hall–Kier alpha value is -2.16. The van der Waals surface area contributed by atoms with E-state index in [0.29, 0.717) is 13.1 Å². The van der Waals surface area contributed by atoms with Gasteiger partial charge in [0, 0.05) is 52.3 Å². The van der Waals surface area contributed by atoms with Gasteiger partial charge in [-0.25, -0.2) is 0 Å². The molecular formula is C16H25N5O3. The van der Waals surface area contributed by atoms with Gasteiger partial charge in [-0.3, -0.25) is 14.4 Å². The first-order valence-electron chi connectivity index (χ1n) is 7.70. The van der Waals surface area contributed by atoms with Crippen molar-refractivity contribution >= 4 is 5.91 Å². The molecule has 0 unspecified atom stereocenters. The summed E-state index contributed by atoms with van der Waals surface area (Å²) in [6.45, 7) is 1.20. The van der Waals surface area contributed by atoms with Gasteiger partial charge in [-0.1, -0.05) is 0 Å². The van der Waals surface area contributed by atoms with Crippen LogP contribution < -0.4 is 5.32 Å². The molecule has 24 heavy (non-hydrogen) atoms. The van der Waals surface area contributed by atoms with Crippen molar-refractivity contribution in [3.63, 3.8) is 0 Å². The zero-order valence-electron chi connectivity index (χ0n) is 14.6. The number of methoxy groups -OCH3 is 2. The highest BCUT2D eigenvalue weighted by Gasteiger charge is 2.14. The van der Waals surface area contributed by atoms with Crippen LogP contribution >= 0.6 is 0 Å². The molecule has 0 aliphatic heterocycles. The van der Waals surface area contributed by atoms with E-state index >= 15 is 0 Å². The molecule has 2 heterocycles. The molecule has 0 radical (unpaired) electrons. The number of hydrogen-bond donors (Lipinski definition) is 1. The predicted molar refractivity (Wildman–Crippen MR) is 89.7 cm³/mol. The van der Waals surface area contributed by atoms with E-state index in [1.807, 2.05) is 48.1 Å². The maximum atomic E-state index is 12.1. The summed E-state index contributed by atoms with van der Waals surface area (Å²) < 4.78 is 14.0. The molecule has 2 aromatic rings. The van der Waals surface area contributed by atoms with E-state index < -0.39 is 0 Å². The third-order valence-electron chi connectivity index (χ3n) is 3.71. The summed E-state index contributed by atoms with van der Waals surface area (Å²) in [4.78, 5) is 14.0. The highest BCUT2D eigenvalue weighted by Crippen LogP contribution is 2.13. The number of nitrogens with one attached hydrogen (secondary N) is 1. The van der Waals surface area contributed by atoms with Crippen LogP contribution in [-0.2, 0) is 27.9 Å². The Labute approximate surface area is 141 Å². The average molecular weight is 335 g/mol. The van der Waals surface area contributed by atoms with E-state index in [4.69, 9.17) is 9.47 Å². The van der Waals surface area contributed by atoms with Crippen LogP contribution in [0.4, 0.5) is 0 Å². The first kappa shape index (κ1) is 18.2. The number of ether oxygens (including phenoxy) is 2. The maximum absolute atomic E-state index is 12.1. The predicted octanol–water partition coefficient (Wildman–Crippen LogP) is 0.378. The lowest BCUT2D eigenvalue weighted by Gasteiger charge is -2.21. The van der Waals surface area contributed by atoms with Crippen molar-refractivity contribution in [3.05, 3.63) is 36.3 Å². The van der Waals surface area contributed by atoms with Crippen molar-refractivity contribution in [2.75, 3.05) is 34.4 Å². The average Bonchev–Trinajstić information content (AvgIpc) is 3.19. The minimum atomic E-state index is -0.346. The number of amides is 1. The second kappa shape index (κ2) is 8.62. The number of aromatic nitrogens is 3. The zero-order chi connectivity index (χ0) is 17.5. The minimum absolute atomic E-state index is 0.0641.